The van der Waals surface area contributed by atoms with E-state index < -0.39 is 10.1 Å². The van der Waals surface area contributed by atoms with Gasteiger partial charge in [0.25, 0.3) is 0 Å². The van der Waals surface area contributed by atoms with Crippen LogP contribution in [0.2, 0.25) is 0 Å². The Hall–Kier alpha value is -1.60. The van der Waals surface area contributed by atoms with Crippen molar-refractivity contribution in [3.63, 3.8) is 0 Å². The summed E-state index contributed by atoms with van der Waals surface area (Å²) >= 11 is 0. The van der Waals surface area contributed by atoms with E-state index in [0.717, 1.165) is 37.7 Å². The molecule has 1 aromatic carbocycles. The zero-order valence-electron chi connectivity index (χ0n) is 18.3. The largest absolute Gasteiger partial charge is 0.383 e. The second kappa shape index (κ2) is 9.94. The number of carbonyl (C=O) groups is 1. The summed E-state index contributed by atoms with van der Waals surface area (Å²) in [6, 6.07) is 6.84. The standard InChI is InChI=1S/C22H35NO5S/c1-17(14-22(2,3)4)13-21(24)23(16-20-7-6-12-27-20)15-18-8-10-19(11-9-18)28-29(5,25)26/h8-11,17,20H,6-7,12-16H2,1-5H3/t17-,20-/m0/s1. The van der Waals surface area contributed by atoms with E-state index in [1.165, 1.54) is 0 Å². The number of benzene rings is 1. The first-order valence-corrected chi connectivity index (χ1v) is 12.1. The Morgan fingerprint density at radius 3 is 2.45 bits per heavy atom. The maximum Gasteiger partial charge on any atom is 0.306 e. The molecule has 6 nitrogen and oxygen atoms in total. The fraction of sp³-hybridized carbons (Fsp3) is 0.682. The average Bonchev–Trinajstić information content (AvgIpc) is 3.05. The molecule has 29 heavy (non-hydrogen) atoms. The molecule has 164 valence electrons. The molecule has 0 spiro atoms. The van der Waals surface area contributed by atoms with E-state index in [2.05, 4.69) is 27.7 Å². The molecular weight excluding hydrogens is 390 g/mol. The van der Waals surface area contributed by atoms with Crippen LogP contribution in [0.4, 0.5) is 0 Å². The lowest BCUT2D eigenvalue weighted by molar-refractivity contribution is -0.134. The smallest absolute Gasteiger partial charge is 0.306 e. The highest BCUT2D eigenvalue weighted by atomic mass is 32.2. The predicted molar refractivity (Wildman–Crippen MR) is 114 cm³/mol. The quantitative estimate of drug-likeness (QED) is 0.559. The molecule has 0 saturated carbocycles. The van der Waals surface area contributed by atoms with Crippen molar-refractivity contribution < 1.29 is 22.1 Å². The predicted octanol–water partition coefficient (Wildman–Crippen LogP) is 4.00. The van der Waals surface area contributed by atoms with Crippen molar-refractivity contribution >= 4 is 16.0 Å². The van der Waals surface area contributed by atoms with E-state index >= 15 is 0 Å². The Morgan fingerprint density at radius 1 is 1.28 bits per heavy atom. The topological polar surface area (TPSA) is 72.9 Å². The van der Waals surface area contributed by atoms with Gasteiger partial charge >= 0.3 is 10.1 Å². The minimum Gasteiger partial charge on any atom is -0.383 e. The zero-order valence-corrected chi connectivity index (χ0v) is 19.1. The molecular formula is C22H35NO5S. The molecule has 0 N–H and O–H groups in total. The van der Waals surface area contributed by atoms with Crippen LogP contribution in [0.3, 0.4) is 0 Å². The van der Waals surface area contributed by atoms with Crippen molar-refractivity contribution in [2.45, 2.75) is 66.0 Å². The number of ether oxygens (including phenoxy) is 1. The van der Waals surface area contributed by atoms with Crippen molar-refractivity contribution in [3.05, 3.63) is 29.8 Å². The highest BCUT2D eigenvalue weighted by molar-refractivity contribution is 7.86. The molecule has 1 aromatic rings. The van der Waals surface area contributed by atoms with E-state index in [-0.39, 0.29) is 23.2 Å². The van der Waals surface area contributed by atoms with E-state index in [0.29, 0.717) is 25.4 Å². The van der Waals surface area contributed by atoms with Crippen LogP contribution >= 0.6 is 0 Å². The maximum atomic E-state index is 13.1. The highest BCUT2D eigenvalue weighted by Crippen LogP contribution is 2.27. The number of carbonyl (C=O) groups excluding carboxylic acids is 1. The van der Waals surface area contributed by atoms with Gasteiger partial charge in [-0.25, -0.2) is 0 Å². The van der Waals surface area contributed by atoms with Crippen LogP contribution in [0.1, 0.15) is 58.9 Å². The van der Waals surface area contributed by atoms with Crippen LogP contribution in [-0.2, 0) is 26.2 Å². The third kappa shape index (κ3) is 9.17. The normalized spacial score (nSPS) is 18.4. The summed E-state index contributed by atoms with van der Waals surface area (Å²) in [6.45, 7) is 10.5. The van der Waals surface area contributed by atoms with Crippen LogP contribution in [0, 0.1) is 11.3 Å². The lowest BCUT2D eigenvalue weighted by atomic mass is 9.84. The summed E-state index contributed by atoms with van der Waals surface area (Å²) in [5.41, 5.74) is 1.12. The summed E-state index contributed by atoms with van der Waals surface area (Å²) in [7, 11) is -3.55. The molecule has 1 aliphatic heterocycles. The molecule has 2 atom stereocenters. The number of amides is 1. The van der Waals surface area contributed by atoms with Crippen molar-refractivity contribution in [2.24, 2.45) is 11.3 Å². The van der Waals surface area contributed by atoms with Crippen LogP contribution in [-0.4, -0.2) is 44.7 Å². The molecule has 0 bridgehead atoms. The van der Waals surface area contributed by atoms with Gasteiger partial charge in [0.05, 0.1) is 12.4 Å². The molecule has 1 saturated heterocycles. The molecule has 0 unspecified atom stereocenters. The van der Waals surface area contributed by atoms with Crippen molar-refractivity contribution in [3.8, 4) is 5.75 Å². The van der Waals surface area contributed by atoms with Crippen LogP contribution in [0.15, 0.2) is 24.3 Å². The van der Waals surface area contributed by atoms with Gasteiger partial charge in [0.2, 0.25) is 5.91 Å². The maximum absolute atomic E-state index is 13.1. The van der Waals surface area contributed by atoms with Crippen molar-refractivity contribution in [2.75, 3.05) is 19.4 Å². The van der Waals surface area contributed by atoms with E-state index in [4.69, 9.17) is 8.92 Å². The van der Waals surface area contributed by atoms with Gasteiger partial charge in [-0.05, 0) is 48.3 Å². The lowest BCUT2D eigenvalue weighted by Crippen LogP contribution is -2.37. The van der Waals surface area contributed by atoms with Gasteiger partial charge in [-0.2, -0.15) is 8.42 Å². The Kier molecular flexibility index (Phi) is 8.11. The van der Waals surface area contributed by atoms with E-state index in [1.54, 1.807) is 24.3 Å². The molecule has 1 aliphatic rings. The number of hydrogen-bond acceptors (Lipinski definition) is 5. The fourth-order valence-electron chi connectivity index (χ4n) is 3.88. The molecule has 1 amide bonds. The zero-order chi connectivity index (χ0) is 21.7. The summed E-state index contributed by atoms with van der Waals surface area (Å²) in [5, 5.41) is 0. The van der Waals surface area contributed by atoms with E-state index in [9.17, 15) is 13.2 Å². The van der Waals surface area contributed by atoms with Crippen molar-refractivity contribution in [1.82, 2.24) is 4.90 Å². The number of nitrogens with zero attached hydrogens (tertiary/aromatic N) is 1. The van der Waals surface area contributed by atoms with Gasteiger partial charge in [-0.1, -0.05) is 39.8 Å². The first kappa shape index (κ1) is 23.7. The summed E-state index contributed by atoms with van der Waals surface area (Å²) < 4.78 is 33.2. The van der Waals surface area contributed by atoms with E-state index in [1.807, 2.05) is 4.90 Å². The number of rotatable bonds is 9. The van der Waals surface area contributed by atoms with Gasteiger partial charge in [0.15, 0.2) is 0 Å². The molecule has 1 fully saturated rings. The summed E-state index contributed by atoms with van der Waals surface area (Å²) in [6.07, 6.45) is 4.61. The second-order valence-electron chi connectivity index (χ2n) is 9.41. The second-order valence-corrected chi connectivity index (χ2v) is 11.0. The van der Waals surface area contributed by atoms with Gasteiger partial charge in [0, 0.05) is 26.1 Å². The van der Waals surface area contributed by atoms with Gasteiger partial charge in [-0.15, -0.1) is 0 Å². The minimum absolute atomic E-state index is 0.0877. The van der Waals surface area contributed by atoms with Crippen LogP contribution in [0.5, 0.6) is 5.75 Å². The van der Waals surface area contributed by atoms with Crippen LogP contribution in [0.25, 0.3) is 0 Å². The molecule has 0 radical (unpaired) electrons. The van der Waals surface area contributed by atoms with Crippen LogP contribution < -0.4 is 4.18 Å². The molecule has 0 aromatic heterocycles. The Morgan fingerprint density at radius 2 is 1.93 bits per heavy atom. The Bertz CT molecular complexity index is 761. The highest BCUT2D eigenvalue weighted by Gasteiger charge is 2.25. The van der Waals surface area contributed by atoms with Gasteiger partial charge < -0.3 is 13.8 Å². The number of hydrogen-bond donors (Lipinski definition) is 0. The molecule has 2 rings (SSSR count). The average molecular weight is 426 g/mol. The third-order valence-corrected chi connectivity index (χ3v) is 5.32. The first-order valence-electron chi connectivity index (χ1n) is 10.3. The fourth-order valence-corrected chi connectivity index (χ4v) is 4.34. The Balaban J connectivity index is 2.05. The summed E-state index contributed by atoms with van der Waals surface area (Å²) in [5.74, 6) is 0.709. The SMILES string of the molecule is C[C@@H](CC(=O)N(Cc1ccc(OS(C)(=O)=O)cc1)C[C@@H]1CCCO1)CC(C)(C)C. The van der Waals surface area contributed by atoms with Gasteiger partial charge in [0.1, 0.15) is 5.75 Å². The minimum atomic E-state index is -3.55. The third-order valence-electron chi connectivity index (χ3n) is 4.83. The molecule has 0 aliphatic carbocycles. The lowest BCUT2D eigenvalue weighted by Gasteiger charge is -2.28. The van der Waals surface area contributed by atoms with Crippen molar-refractivity contribution in [1.29, 1.82) is 0 Å². The van der Waals surface area contributed by atoms with Gasteiger partial charge in [-0.3, -0.25) is 4.79 Å². The monoisotopic (exact) mass is 425 g/mol. The molecule has 7 heteroatoms. The summed E-state index contributed by atoms with van der Waals surface area (Å²) in [4.78, 5) is 14.9. The molecule has 1 heterocycles. The first-order chi connectivity index (χ1) is 13.4. The Labute approximate surface area is 175 Å².